The predicted molar refractivity (Wildman–Crippen MR) is 62.7 cm³/mol. The van der Waals surface area contributed by atoms with Crippen LogP contribution >= 0.6 is 11.6 Å². The summed E-state index contributed by atoms with van der Waals surface area (Å²) in [6.45, 7) is 2.12. The number of aryl methyl sites for hydroxylation is 1. The predicted octanol–water partition coefficient (Wildman–Crippen LogP) is 2.35. The Morgan fingerprint density at radius 2 is 2.00 bits per heavy atom. The molecule has 0 aliphatic carbocycles. The highest BCUT2D eigenvalue weighted by atomic mass is 35.5. The first-order valence-electron chi connectivity index (χ1n) is 5.24. The zero-order chi connectivity index (χ0) is 11.4. The van der Waals surface area contributed by atoms with Crippen LogP contribution in [-0.4, -0.2) is 19.5 Å². The fraction of sp³-hybridized carbons (Fsp3) is 0.364. The molecule has 0 bridgehead atoms. The van der Waals surface area contributed by atoms with Crippen molar-refractivity contribution in [2.75, 3.05) is 0 Å². The second-order valence-electron chi connectivity index (χ2n) is 3.49. The van der Waals surface area contributed by atoms with Gasteiger partial charge in [-0.25, -0.2) is 15.0 Å². The first-order chi connectivity index (χ1) is 7.85. The van der Waals surface area contributed by atoms with Gasteiger partial charge in [0, 0.05) is 36.8 Å². The number of rotatable bonds is 4. The van der Waals surface area contributed by atoms with Gasteiger partial charge in [0.15, 0.2) is 0 Å². The molecule has 0 fully saturated rings. The van der Waals surface area contributed by atoms with Crippen molar-refractivity contribution in [3.63, 3.8) is 0 Å². The second kappa shape index (κ2) is 5.07. The first-order valence-corrected chi connectivity index (χ1v) is 5.78. The van der Waals surface area contributed by atoms with Crippen LogP contribution in [0.5, 0.6) is 0 Å². The standard InChI is InChI=1S/C11H13ClN4/c1-2-3-10-13-4-5-16(10)11-14-7-9(6-12)8-15-11/h4-5,7-8H,2-3,6H2,1H3. The molecule has 0 radical (unpaired) electrons. The maximum atomic E-state index is 5.69. The second-order valence-corrected chi connectivity index (χ2v) is 3.76. The van der Waals surface area contributed by atoms with E-state index in [9.17, 15) is 0 Å². The first kappa shape index (κ1) is 11.1. The van der Waals surface area contributed by atoms with E-state index >= 15 is 0 Å². The Morgan fingerprint density at radius 3 is 2.62 bits per heavy atom. The Morgan fingerprint density at radius 1 is 1.25 bits per heavy atom. The number of halogens is 1. The maximum Gasteiger partial charge on any atom is 0.235 e. The van der Waals surface area contributed by atoms with E-state index in [1.807, 2.05) is 10.8 Å². The van der Waals surface area contributed by atoms with Crippen LogP contribution < -0.4 is 0 Å². The van der Waals surface area contributed by atoms with Crippen molar-refractivity contribution in [3.05, 3.63) is 36.2 Å². The summed E-state index contributed by atoms with van der Waals surface area (Å²) < 4.78 is 1.90. The van der Waals surface area contributed by atoms with Crippen molar-refractivity contribution in [1.82, 2.24) is 19.5 Å². The summed E-state index contributed by atoms with van der Waals surface area (Å²) in [6.07, 6.45) is 9.10. The lowest BCUT2D eigenvalue weighted by atomic mass is 10.3. The van der Waals surface area contributed by atoms with Crippen molar-refractivity contribution >= 4 is 11.6 Å². The average Bonchev–Trinajstić information content (AvgIpc) is 2.78. The molecule has 2 aromatic rings. The molecule has 0 saturated carbocycles. The van der Waals surface area contributed by atoms with Gasteiger partial charge in [0.05, 0.1) is 5.88 Å². The molecule has 84 valence electrons. The lowest BCUT2D eigenvalue weighted by molar-refractivity contribution is 0.780. The Balaban J connectivity index is 2.31. The van der Waals surface area contributed by atoms with Gasteiger partial charge in [0.2, 0.25) is 5.95 Å². The normalized spacial score (nSPS) is 10.6. The van der Waals surface area contributed by atoms with Crippen molar-refractivity contribution in [2.45, 2.75) is 25.6 Å². The van der Waals surface area contributed by atoms with E-state index in [1.165, 1.54) is 0 Å². The Labute approximate surface area is 99.3 Å². The zero-order valence-electron chi connectivity index (χ0n) is 9.10. The smallest absolute Gasteiger partial charge is 0.235 e. The van der Waals surface area contributed by atoms with Gasteiger partial charge in [-0.3, -0.25) is 4.57 Å². The van der Waals surface area contributed by atoms with Crippen LogP contribution in [0.2, 0.25) is 0 Å². The van der Waals surface area contributed by atoms with E-state index in [2.05, 4.69) is 21.9 Å². The molecule has 0 amide bonds. The average molecular weight is 237 g/mol. The van der Waals surface area contributed by atoms with Gasteiger partial charge in [-0.1, -0.05) is 6.92 Å². The molecule has 0 atom stereocenters. The van der Waals surface area contributed by atoms with Crippen LogP contribution in [0.25, 0.3) is 5.95 Å². The molecule has 0 unspecified atom stereocenters. The van der Waals surface area contributed by atoms with Crippen molar-refractivity contribution in [2.24, 2.45) is 0 Å². The molecule has 0 spiro atoms. The van der Waals surface area contributed by atoms with Gasteiger partial charge in [0.25, 0.3) is 0 Å². The summed E-state index contributed by atoms with van der Waals surface area (Å²) in [4.78, 5) is 12.8. The molecule has 0 N–H and O–H groups in total. The molecular formula is C11H13ClN4. The van der Waals surface area contributed by atoms with Gasteiger partial charge < -0.3 is 0 Å². The fourth-order valence-corrected chi connectivity index (χ4v) is 1.60. The van der Waals surface area contributed by atoms with E-state index in [4.69, 9.17) is 11.6 Å². The van der Waals surface area contributed by atoms with E-state index < -0.39 is 0 Å². The third-order valence-corrected chi connectivity index (χ3v) is 2.56. The molecule has 0 aromatic carbocycles. The minimum atomic E-state index is 0.437. The molecule has 16 heavy (non-hydrogen) atoms. The van der Waals surface area contributed by atoms with Crippen molar-refractivity contribution < 1.29 is 0 Å². The van der Waals surface area contributed by atoms with Gasteiger partial charge >= 0.3 is 0 Å². The Hall–Kier alpha value is -1.42. The van der Waals surface area contributed by atoms with E-state index in [1.54, 1.807) is 18.6 Å². The number of imidazole rings is 1. The highest BCUT2D eigenvalue weighted by Gasteiger charge is 2.06. The largest absolute Gasteiger partial charge is 0.272 e. The van der Waals surface area contributed by atoms with Crippen LogP contribution in [0.3, 0.4) is 0 Å². The summed E-state index contributed by atoms with van der Waals surface area (Å²) in [7, 11) is 0. The van der Waals surface area contributed by atoms with Crippen LogP contribution in [0, 0.1) is 0 Å². The third-order valence-electron chi connectivity index (χ3n) is 2.25. The van der Waals surface area contributed by atoms with Gasteiger partial charge in [-0.15, -0.1) is 11.6 Å². The number of aromatic nitrogens is 4. The minimum Gasteiger partial charge on any atom is -0.272 e. The highest BCUT2D eigenvalue weighted by molar-refractivity contribution is 6.17. The van der Waals surface area contributed by atoms with Crippen molar-refractivity contribution in [1.29, 1.82) is 0 Å². The number of nitrogens with zero attached hydrogens (tertiary/aromatic N) is 4. The molecule has 2 rings (SSSR count). The third kappa shape index (κ3) is 2.22. The lowest BCUT2D eigenvalue weighted by Gasteiger charge is -2.04. The van der Waals surface area contributed by atoms with Crippen LogP contribution in [0.4, 0.5) is 0 Å². The van der Waals surface area contributed by atoms with Crippen LogP contribution in [-0.2, 0) is 12.3 Å². The summed E-state index contributed by atoms with van der Waals surface area (Å²) >= 11 is 5.69. The topological polar surface area (TPSA) is 43.6 Å². The summed E-state index contributed by atoms with van der Waals surface area (Å²) in [5.41, 5.74) is 0.919. The summed E-state index contributed by atoms with van der Waals surface area (Å²) in [6, 6.07) is 0. The number of alkyl halides is 1. The zero-order valence-corrected chi connectivity index (χ0v) is 9.85. The minimum absolute atomic E-state index is 0.437. The lowest BCUT2D eigenvalue weighted by Crippen LogP contribution is -2.05. The monoisotopic (exact) mass is 236 g/mol. The summed E-state index contributed by atoms with van der Waals surface area (Å²) in [5, 5.41) is 0. The molecule has 4 nitrogen and oxygen atoms in total. The van der Waals surface area contributed by atoms with Gasteiger partial charge in [0.1, 0.15) is 5.82 Å². The quantitative estimate of drug-likeness (QED) is 0.766. The Kier molecular flexibility index (Phi) is 3.51. The van der Waals surface area contributed by atoms with E-state index in [0.29, 0.717) is 11.8 Å². The number of hydrogen-bond donors (Lipinski definition) is 0. The molecule has 0 aliphatic heterocycles. The molecule has 0 aliphatic rings. The fourth-order valence-electron chi connectivity index (χ4n) is 1.47. The van der Waals surface area contributed by atoms with Crippen LogP contribution in [0.1, 0.15) is 24.7 Å². The van der Waals surface area contributed by atoms with Gasteiger partial charge in [-0.2, -0.15) is 0 Å². The molecule has 0 saturated heterocycles. The van der Waals surface area contributed by atoms with Crippen LogP contribution in [0.15, 0.2) is 24.8 Å². The molecule has 5 heteroatoms. The maximum absolute atomic E-state index is 5.69. The molecule has 2 aromatic heterocycles. The number of hydrogen-bond acceptors (Lipinski definition) is 3. The van der Waals surface area contributed by atoms with Crippen molar-refractivity contribution in [3.8, 4) is 5.95 Å². The van der Waals surface area contributed by atoms with Gasteiger partial charge in [-0.05, 0) is 6.42 Å². The SMILES string of the molecule is CCCc1nccn1-c1ncc(CCl)cn1. The van der Waals surface area contributed by atoms with E-state index in [0.717, 1.165) is 24.2 Å². The Bertz CT molecular complexity index is 449. The molecule has 2 heterocycles. The highest BCUT2D eigenvalue weighted by Crippen LogP contribution is 2.08. The van der Waals surface area contributed by atoms with E-state index in [-0.39, 0.29) is 0 Å². The molecular weight excluding hydrogens is 224 g/mol. The summed E-state index contributed by atoms with van der Waals surface area (Å²) in [5.74, 6) is 2.07.